The maximum atomic E-state index is 12.8. The fourth-order valence-corrected chi connectivity index (χ4v) is 6.16. The molecule has 0 spiro atoms. The van der Waals surface area contributed by atoms with Crippen LogP contribution in [-0.2, 0) is 34.9 Å². The molecule has 0 aliphatic heterocycles. The summed E-state index contributed by atoms with van der Waals surface area (Å²) in [7, 11) is 0. The Kier molecular flexibility index (Phi) is 9.67. The fraction of sp³-hybridized carbons (Fsp3) is 0.400. The third-order valence-electron chi connectivity index (χ3n) is 3.82. The SMILES string of the molecule is CCCCCCC[CH2][Co](=[O])[c]1cc[c]([Co](=[O])[c]2c(Cl)cccc2Cl)cc1. The first-order valence-electron chi connectivity index (χ1n) is 8.66. The van der Waals surface area contributed by atoms with Gasteiger partial charge in [-0.1, -0.05) is 0 Å². The van der Waals surface area contributed by atoms with Crippen molar-refractivity contribution in [2.45, 2.75) is 50.8 Å². The van der Waals surface area contributed by atoms with E-state index in [0.717, 1.165) is 17.3 Å². The quantitative estimate of drug-likeness (QED) is 0.430. The summed E-state index contributed by atoms with van der Waals surface area (Å²) in [4.78, 5) is 0. The van der Waals surface area contributed by atoms with Gasteiger partial charge in [-0.25, -0.2) is 0 Å². The summed E-state index contributed by atoms with van der Waals surface area (Å²) in [5.74, 6) is 0. The predicted molar refractivity (Wildman–Crippen MR) is 101 cm³/mol. The van der Waals surface area contributed by atoms with Gasteiger partial charge in [-0.3, -0.25) is 0 Å². The Morgan fingerprint density at radius 3 is 1.92 bits per heavy atom. The number of halogens is 2. The Morgan fingerprint density at radius 1 is 0.769 bits per heavy atom. The summed E-state index contributed by atoms with van der Waals surface area (Å²) in [6, 6.07) is 12.2. The van der Waals surface area contributed by atoms with Gasteiger partial charge in [0.05, 0.1) is 0 Å². The monoisotopic (exact) mass is 484 g/mol. The molecule has 0 radical (unpaired) electrons. The van der Waals surface area contributed by atoms with Crippen molar-refractivity contribution in [3.8, 4) is 0 Å². The van der Waals surface area contributed by atoms with Gasteiger partial charge in [0.1, 0.15) is 0 Å². The second kappa shape index (κ2) is 11.5. The van der Waals surface area contributed by atoms with Crippen molar-refractivity contribution in [2.75, 3.05) is 0 Å². The molecule has 0 bridgehead atoms. The molecule has 0 aliphatic rings. The average molecular weight is 485 g/mol. The van der Waals surface area contributed by atoms with Gasteiger partial charge in [0, 0.05) is 0 Å². The molecule has 0 fully saturated rings. The molecule has 0 N–H and O–H groups in total. The first kappa shape index (κ1) is 21.9. The van der Waals surface area contributed by atoms with Gasteiger partial charge in [0.15, 0.2) is 0 Å². The second-order valence-electron chi connectivity index (χ2n) is 5.83. The third-order valence-corrected chi connectivity index (χ3v) is 8.50. The molecule has 2 nitrogen and oxygen atoms in total. The molecular formula is C20H24Cl2Co2O2. The molecule has 0 saturated heterocycles. The number of rotatable bonds is 10. The zero-order valence-corrected chi connectivity index (χ0v) is 18.3. The molecule has 2 aromatic rings. The van der Waals surface area contributed by atoms with E-state index < -0.39 is 27.2 Å². The normalized spacial score (nSPS) is 12.1. The second-order valence-corrected chi connectivity index (χ2v) is 10.5. The standard InChI is InChI=1S/C8H17.C6H3Cl2.C6H4.2Co.2O/c1-3-5-7-8-6-4-2;7-5-2-1-3-6(8)4-5;1-2-4-6-5-3-1;;;;/h1,3-8H2,2H3;1-3H;1-2,5-6H;;;;. The summed E-state index contributed by atoms with van der Waals surface area (Å²) in [5, 5.41) is 1.51. The van der Waals surface area contributed by atoms with Gasteiger partial charge in [-0.15, -0.1) is 0 Å². The van der Waals surface area contributed by atoms with Gasteiger partial charge < -0.3 is 0 Å². The van der Waals surface area contributed by atoms with Crippen LogP contribution in [0.2, 0.25) is 15.4 Å². The van der Waals surface area contributed by atoms with Crippen molar-refractivity contribution in [1.29, 1.82) is 0 Å². The van der Waals surface area contributed by atoms with Crippen molar-refractivity contribution in [2.24, 2.45) is 0 Å². The molecule has 6 heteroatoms. The number of hydrogen-bond donors (Lipinski definition) is 0. The first-order valence-corrected chi connectivity index (χ1v) is 12.6. The van der Waals surface area contributed by atoms with Crippen LogP contribution in [0.15, 0.2) is 42.5 Å². The van der Waals surface area contributed by atoms with E-state index >= 15 is 0 Å². The summed E-state index contributed by atoms with van der Waals surface area (Å²) >= 11 is 9.07. The minimum absolute atomic E-state index is 0.399. The van der Waals surface area contributed by atoms with Gasteiger partial charge in [0.2, 0.25) is 0 Å². The summed E-state index contributed by atoms with van der Waals surface area (Å²) in [5.41, 5.74) is 0. The van der Waals surface area contributed by atoms with E-state index in [0.29, 0.717) is 24.4 Å². The Labute approximate surface area is 174 Å². The zero-order valence-electron chi connectivity index (χ0n) is 14.7. The van der Waals surface area contributed by atoms with E-state index in [1.807, 2.05) is 12.1 Å². The topological polar surface area (TPSA) is 34.1 Å². The molecule has 0 amide bonds. The van der Waals surface area contributed by atoms with Crippen LogP contribution in [0.3, 0.4) is 0 Å². The molecule has 0 aliphatic carbocycles. The molecule has 0 heterocycles. The maximum absolute atomic E-state index is 12.8. The van der Waals surface area contributed by atoms with Crippen molar-refractivity contribution < 1.29 is 34.9 Å². The number of benzene rings is 2. The van der Waals surface area contributed by atoms with Gasteiger partial charge in [-0.05, 0) is 0 Å². The van der Waals surface area contributed by atoms with E-state index in [2.05, 4.69) is 6.92 Å². The van der Waals surface area contributed by atoms with Crippen molar-refractivity contribution in [3.63, 3.8) is 0 Å². The number of unbranched alkanes of at least 4 members (excludes halogenated alkanes) is 5. The fourth-order valence-electron chi connectivity index (χ4n) is 2.42. The molecule has 2 rings (SSSR count). The van der Waals surface area contributed by atoms with Crippen molar-refractivity contribution in [1.82, 2.24) is 0 Å². The Morgan fingerprint density at radius 2 is 1.31 bits per heavy atom. The van der Waals surface area contributed by atoms with E-state index in [4.69, 9.17) is 23.2 Å². The molecule has 0 saturated carbocycles. The van der Waals surface area contributed by atoms with Crippen molar-refractivity contribution in [3.05, 3.63) is 52.5 Å². The van der Waals surface area contributed by atoms with Crippen LogP contribution < -0.4 is 13.5 Å². The molecular weight excluding hydrogens is 461 g/mol. The van der Waals surface area contributed by atoms with Crippen LogP contribution in [0.25, 0.3) is 0 Å². The van der Waals surface area contributed by atoms with Crippen LogP contribution in [-0.4, -0.2) is 0 Å². The number of hydrogen-bond acceptors (Lipinski definition) is 2. The van der Waals surface area contributed by atoms with E-state index in [9.17, 15) is 7.73 Å². The predicted octanol–water partition coefficient (Wildman–Crippen LogP) is 5.28. The molecule has 0 aromatic heterocycles. The van der Waals surface area contributed by atoms with Gasteiger partial charge in [0.25, 0.3) is 0 Å². The van der Waals surface area contributed by atoms with Crippen LogP contribution in [0.4, 0.5) is 0 Å². The molecule has 26 heavy (non-hydrogen) atoms. The Bertz CT molecular complexity index is 741. The molecule has 0 unspecified atom stereocenters. The molecule has 148 valence electrons. The summed E-state index contributed by atoms with van der Waals surface area (Å²) in [6.45, 7) is 2.20. The van der Waals surface area contributed by atoms with Gasteiger partial charge >= 0.3 is 175 Å². The minimum atomic E-state index is -1.85. The van der Waals surface area contributed by atoms with Crippen molar-refractivity contribution >= 4 is 36.7 Å². The first-order chi connectivity index (χ1) is 12.5. The Balaban J connectivity index is 1.95. The molecule has 0 atom stereocenters. The van der Waals surface area contributed by atoms with Gasteiger partial charge in [-0.2, -0.15) is 0 Å². The van der Waals surface area contributed by atoms with E-state index in [1.54, 1.807) is 30.3 Å². The van der Waals surface area contributed by atoms with Crippen LogP contribution in [0.5, 0.6) is 0 Å². The summed E-state index contributed by atoms with van der Waals surface area (Å²) < 4.78 is 27.1. The Hall–Kier alpha value is -0.367. The van der Waals surface area contributed by atoms with Crippen LogP contribution >= 0.6 is 23.2 Å². The third kappa shape index (κ3) is 6.36. The van der Waals surface area contributed by atoms with Crippen LogP contribution in [0, 0.1) is 0 Å². The van der Waals surface area contributed by atoms with E-state index in [1.165, 1.54) is 25.7 Å². The summed E-state index contributed by atoms with van der Waals surface area (Å²) in [6.07, 6.45) is 7.12. The average Bonchev–Trinajstić information content (AvgIpc) is 2.64. The zero-order chi connectivity index (χ0) is 18.9. The van der Waals surface area contributed by atoms with E-state index in [-0.39, 0.29) is 0 Å². The molecule has 2 aromatic carbocycles. The van der Waals surface area contributed by atoms with Crippen LogP contribution in [0.1, 0.15) is 45.4 Å².